The number of aromatic nitrogens is 2. The standard InChI is InChI=1S/C19H12N2O/c1-4-12-6-2-7-15-14(11-10-13(5-1)18(12)15)16-8-3-9-17-19(16)20-21-22-17/h1-11,14H. The van der Waals surface area contributed by atoms with Crippen LogP contribution in [0.4, 0.5) is 0 Å². The highest BCUT2D eigenvalue weighted by Gasteiger charge is 2.22. The summed E-state index contributed by atoms with van der Waals surface area (Å²) >= 11 is 0. The molecule has 0 aliphatic heterocycles. The molecule has 0 fully saturated rings. The van der Waals surface area contributed by atoms with Crippen LogP contribution >= 0.6 is 0 Å². The van der Waals surface area contributed by atoms with Gasteiger partial charge in [-0.15, -0.1) is 5.10 Å². The van der Waals surface area contributed by atoms with E-state index in [0.717, 1.165) is 16.7 Å². The van der Waals surface area contributed by atoms with Crippen LogP contribution in [0.5, 0.6) is 0 Å². The second-order valence-corrected chi connectivity index (χ2v) is 5.60. The van der Waals surface area contributed by atoms with Crippen molar-refractivity contribution in [1.82, 2.24) is 10.4 Å². The lowest BCUT2D eigenvalue weighted by Gasteiger charge is -2.21. The molecule has 0 radical (unpaired) electrons. The van der Waals surface area contributed by atoms with E-state index in [1.807, 2.05) is 12.1 Å². The zero-order valence-corrected chi connectivity index (χ0v) is 11.7. The van der Waals surface area contributed by atoms with Crippen LogP contribution in [0.25, 0.3) is 27.9 Å². The van der Waals surface area contributed by atoms with Gasteiger partial charge in [-0.3, -0.25) is 0 Å². The van der Waals surface area contributed by atoms with E-state index in [9.17, 15) is 0 Å². The minimum atomic E-state index is 0.175. The molecule has 3 nitrogen and oxygen atoms in total. The maximum absolute atomic E-state index is 5.21. The molecule has 0 bridgehead atoms. The van der Waals surface area contributed by atoms with Crippen LogP contribution in [0.15, 0.2) is 65.2 Å². The average Bonchev–Trinajstić information content (AvgIpc) is 3.05. The number of fused-ring (bicyclic) bond motifs is 1. The van der Waals surface area contributed by atoms with Crippen LogP contribution in [0.2, 0.25) is 0 Å². The lowest BCUT2D eigenvalue weighted by Crippen LogP contribution is -2.04. The van der Waals surface area contributed by atoms with Crippen molar-refractivity contribution < 1.29 is 4.52 Å². The van der Waals surface area contributed by atoms with Gasteiger partial charge in [0, 0.05) is 11.2 Å². The lowest BCUT2D eigenvalue weighted by atomic mass is 9.82. The Morgan fingerprint density at radius 1 is 0.864 bits per heavy atom. The summed E-state index contributed by atoms with van der Waals surface area (Å²) in [6, 6.07) is 18.9. The third-order valence-corrected chi connectivity index (χ3v) is 4.42. The molecule has 3 heteroatoms. The molecule has 4 aromatic rings. The van der Waals surface area contributed by atoms with Crippen molar-refractivity contribution in [3.8, 4) is 0 Å². The van der Waals surface area contributed by atoms with Gasteiger partial charge in [-0.05, 0) is 33.5 Å². The molecule has 1 aliphatic rings. The van der Waals surface area contributed by atoms with Gasteiger partial charge in [-0.2, -0.15) is 0 Å². The summed E-state index contributed by atoms with van der Waals surface area (Å²) in [6.45, 7) is 0. The fourth-order valence-electron chi connectivity index (χ4n) is 3.45. The quantitative estimate of drug-likeness (QED) is 0.515. The zero-order chi connectivity index (χ0) is 14.5. The van der Waals surface area contributed by atoms with Crippen LogP contribution in [0.1, 0.15) is 22.6 Å². The molecule has 1 heterocycles. The molecule has 0 saturated heterocycles. The number of allylic oxidation sites excluding steroid dienone is 1. The summed E-state index contributed by atoms with van der Waals surface area (Å²) in [4.78, 5) is 0. The van der Waals surface area contributed by atoms with E-state index in [0.29, 0.717) is 0 Å². The topological polar surface area (TPSA) is 38.9 Å². The number of nitrogens with zero attached hydrogens (tertiary/aromatic N) is 2. The Balaban J connectivity index is 1.83. The largest absolute Gasteiger partial charge is 0.337 e. The van der Waals surface area contributed by atoms with Gasteiger partial charge in [0.25, 0.3) is 0 Å². The van der Waals surface area contributed by atoms with E-state index in [1.54, 1.807) is 0 Å². The van der Waals surface area contributed by atoms with Crippen molar-refractivity contribution in [3.05, 3.63) is 77.4 Å². The SMILES string of the molecule is C1=CC(c2cccc3onnc23)c2cccc3cccc1c23. The van der Waals surface area contributed by atoms with Crippen molar-refractivity contribution >= 4 is 27.9 Å². The minimum absolute atomic E-state index is 0.175. The molecule has 1 aliphatic carbocycles. The molecule has 1 aromatic heterocycles. The van der Waals surface area contributed by atoms with E-state index in [-0.39, 0.29) is 5.92 Å². The van der Waals surface area contributed by atoms with E-state index < -0.39 is 0 Å². The van der Waals surface area contributed by atoms with Gasteiger partial charge in [0.05, 0.1) is 0 Å². The molecule has 0 N–H and O–H groups in total. The van der Waals surface area contributed by atoms with Crippen molar-refractivity contribution in [2.24, 2.45) is 0 Å². The van der Waals surface area contributed by atoms with Gasteiger partial charge in [-0.1, -0.05) is 60.7 Å². The fourth-order valence-corrected chi connectivity index (χ4v) is 3.45. The molecule has 1 atom stereocenters. The molecular weight excluding hydrogens is 272 g/mol. The Hall–Kier alpha value is -2.94. The van der Waals surface area contributed by atoms with Gasteiger partial charge in [-0.25, -0.2) is 0 Å². The Bertz CT molecular complexity index is 1040. The first-order chi connectivity index (χ1) is 10.9. The molecule has 104 valence electrons. The highest BCUT2D eigenvalue weighted by atomic mass is 16.5. The Morgan fingerprint density at radius 3 is 2.64 bits per heavy atom. The molecule has 0 spiro atoms. The van der Waals surface area contributed by atoms with Crippen molar-refractivity contribution in [1.29, 1.82) is 0 Å². The monoisotopic (exact) mass is 284 g/mol. The number of rotatable bonds is 1. The summed E-state index contributed by atoms with van der Waals surface area (Å²) < 4.78 is 5.21. The van der Waals surface area contributed by atoms with E-state index in [4.69, 9.17) is 4.52 Å². The first-order valence-electron chi connectivity index (χ1n) is 7.33. The Labute approximate surface area is 126 Å². The van der Waals surface area contributed by atoms with Gasteiger partial charge < -0.3 is 4.52 Å². The van der Waals surface area contributed by atoms with Gasteiger partial charge in [0.1, 0.15) is 5.52 Å². The minimum Gasteiger partial charge on any atom is -0.337 e. The summed E-state index contributed by atoms with van der Waals surface area (Å²) in [7, 11) is 0. The zero-order valence-electron chi connectivity index (χ0n) is 11.7. The van der Waals surface area contributed by atoms with Gasteiger partial charge in [0.15, 0.2) is 5.58 Å². The average molecular weight is 284 g/mol. The van der Waals surface area contributed by atoms with Gasteiger partial charge >= 0.3 is 0 Å². The second-order valence-electron chi connectivity index (χ2n) is 5.60. The van der Waals surface area contributed by atoms with Crippen molar-refractivity contribution in [2.45, 2.75) is 5.92 Å². The summed E-state index contributed by atoms with van der Waals surface area (Å²) in [5.74, 6) is 0.175. The number of hydrogen-bond donors (Lipinski definition) is 0. The summed E-state index contributed by atoms with van der Waals surface area (Å²) in [5.41, 5.74) is 5.29. The number of hydrogen-bond acceptors (Lipinski definition) is 3. The molecule has 0 saturated carbocycles. The molecule has 3 aromatic carbocycles. The van der Waals surface area contributed by atoms with Crippen LogP contribution in [-0.2, 0) is 0 Å². The van der Waals surface area contributed by atoms with Gasteiger partial charge in [0.2, 0.25) is 0 Å². The first kappa shape index (κ1) is 11.7. The lowest BCUT2D eigenvalue weighted by molar-refractivity contribution is 0.424. The summed E-state index contributed by atoms with van der Waals surface area (Å²) in [5, 5.41) is 10.5. The molecule has 22 heavy (non-hydrogen) atoms. The summed E-state index contributed by atoms with van der Waals surface area (Å²) in [6.07, 6.45) is 4.44. The van der Waals surface area contributed by atoms with E-state index >= 15 is 0 Å². The van der Waals surface area contributed by atoms with E-state index in [1.165, 1.54) is 21.9 Å². The molecular formula is C19H12N2O. The predicted octanol–water partition coefficient (Wildman–Crippen LogP) is 4.53. The Kier molecular flexibility index (Phi) is 2.27. The predicted molar refractivity (Wildman–Crippen MR) is 86.6 cm³/mol. The van der Waals surface area contributed by atoms with Crippen LogP contribution in [-0.4, -0.2) is 10.4 Å². The smallest absolute Gasteiger partial charge is 0.187 e. The highest BCUT2D eigenvalue weighted by molar-refractivity contribution is 5.96. The van der Waals surface area contributed by atoms with E-state index in [2.05, 4.69) is 65.0 Å². The van der Waals surface area contributed by atoms with Crippen LogP contribution in [0, 0.1) is 0 Å². The van der Waals surface area contributed by atoms with Crippen LogP contribution in [0.3, 0.4) is 0 Å². The Morgan fingerprint density at radius 2 is 1.68 bits per heavy atom. The van der Waals surface area contributed by atoms with Crippen molar-refractivity contribution in [2.75, 3.05) is 0 Å². The molecule has 1 unspecified atom stereocenters. The van der Waals surface area contributed by atoms with Crippen LogP contribution < -0.4 is 0 Å². The molecule has 0 amide bonds. The highest BCUT2D eigenvalue weighted by Crippen LogP contribution is 2.39. The number of benzene rings is 3. The second kappa shape index (κ2) is 4.28. The first-order valence-corrected chi connectivity index (χ1v) is 7.33. The van der Waals surface area contributed by atoms with Crippen molar-refractivity contribution in [3.63, 3.8) is 0 Å². The third kappa shape index (κ3) is 1.51. The maximum Gasteiger partial charge on any atom is 0.187 e. The normalized spacial score (nSPS) is 16.5. The fraction of sp³-hybridized carbons (Fsp3) is 0.0526. The molecule has 5 rings (SSSR count). The maximum atomic E-state index is 5.21. The third-order valence-electron chi connectivity index (χ3n) is 4.42.